The molecule has 2 fully saturated rings. The molecule has 27 heavy (non-hydrogen) atoms. The van der Waals surface area contributed by atoms with Crippen LogP contribution in [0.5, 0.6) is 0 Å². The van der Waals surface area contributed by atoms with Gasteiger partial charge in [-0.15, -0.1) is 24.0 Å². The Morgan fingerprint density at radius 1 is 1.11 bits per heavy atom. The van der Waals surface area contributed by atoms with Gasteiger partial charge in [0.1, 0.15) is 0 Å². The van der Waals surface area contributed by atoms with Crippen LogP contribution in [0, 0.1) is 5.92 Å². The summed E-state index contributed by atoms with van der Waals surface area (Å²) in [5.41, 5.74) is -0.731. The first-order valence-corrected chi connectivity index (χ1v) is 10.1. The van der Waals surface area contributed by atoms with Crippen molar-refractivity contribution in [3.63, 3.8) is 0 Å². The first-order chi connectivity index (χ1) is 12.5. The average molecular weight is 496 g/mol. The molecule has 2 heterocycles. The molecule has 0 aliphatic carbocycles. The zero-order chi connectivity index (χ0) is 19.0. The van der Waals surface area contributed by atoms with Crippen LogP contribution in [0.25, 0.3) is 0 Å². The molecule has 0 radical (unpaired) electrons. The highest BCUT2D eigenvalue weighted by Gasteiger charge is 2.30. The second-order valence-electron chi connectivity index (χ2n) is 7.30. The van der Waals surface area contributed by atoms with Crippen molar-refractivity contribution in [1.29, 1.82) is 0 Å². The summed E-state index contributed by atoms with van der Waals surface area (Å²) in [7, 11) is 0. The Hall–Kier alpha value is -0.610. The lowest BCUT2D eigenvalue weighted by Gasteiger charge is -2.37. The predicted molar refractivity (Wildman–Crippen MR) is 119 cm³/mol. The van der Waals surface area contributed by atoms with Crippen LogP contribution in [0.2, 0.25) is 0 Å². The Labute approximate surface area is 180 Å². The molecule has 1 amide bonds. The molecule has 0 saturated carbocycles. The number of nitrogens with one attached hydrogen (secondary N) is 1. The second-order valence-corrected chi connectivity index (χ2v) is 7.30. The lowest BCUT2D eigenvalue weighted by atomic mass is 9.95. The van der Waals surface area contributed by atoms with E-state index in [0.29, 0.717) is 32.6 Å². The van der Waals surface area contributed by atoms with Crippen molar-refractivity contribution >= 4 is 35.8 Å². The van der Waals surface area contributed by atoms with Gasteiger partial charge in [0.25, 0.3) is 0 Å². The van der Waals surface area contributed by atoms with Crippen LogP contribution in [0.15, 0.2) is 4.99 Å². The number of hydrogen-bond donors (Lipinski definition) is 2. The summed E-state index contributed by atoms with van der Waals surface area (Å²) in [5, 5.41) is 13.8. The highest BCUT2D eigenvalue weighted by Crippen LogP contribution is 2.21. The minimum atomic E-state index is -0.731. The Bertz CT molecular complexity index is 472. The molecule has 0 aromatic rings. The lowest BCUT2D eigenvalue weighted by molar-refractivity contribution is -0.140. The summed E-state index contributed by atoms with van der Waals surface area (Å²) < 4.78 is 5.34. The topological polar surface area (TPSA) is 77.4 Å². The summed E-state index contributed by atoms with van der Waals surface area (Å²) in [6, 6.07) is 0. The van der Waals surface area contributed by atoms with Gasteiger partial charge in [-0.1, -0.05) is 13.8 Å². The van der Waals surface area contributed by atoms with E-state index in [1.807, 2.05) is 18.7 Å². The molecule has 0 aromatic heterocycles. The van der Waals surface area contributed by atoms with Gasteiger partial charge in [-0.05, 0) is 32.6 Å². The van der Waals surface area contributed by atoms with Gasteiger partial charge in [0, 0.05) is 38.6 Å². The number of carbonyl (C=O) groups excluding carboxylic acids is 1. The minimum Gasteiger partial charge on any atom is -0.388 e. The molecule has 7 nitrogen and oxygen atoms in total. The van der Waals surface area contributed by atoms with E-state index in [-0.39, 0.29) is 35.8 Å². The molecule has 2 saturated heterocycles. The largest absolute Gasteiger partial charge is 0.388 e. The molecule has 2 aliphatic heterocycles. The van der Waals surface area contributed by atoms with E-state index in [1.165, 1.54) is 0 Å². The van der Waals surface area contributed by atoms with Crippen LogP contribution < -0.4 is 5.32 Å². The summed E-state index contributed by atoms with van der Waals surface area (Å²) >= 11 is 0. The number of rotatable bonds is 6. The van der Waals surface area contributed by atoms with Crippen LogP contribution in [-0.2, 0) is 9.53 Å². The molecule has 2 rings (SSSR count). The van der Waals surface area contributed by atoms with E-state index in [4.69, 9.17) is 4.74 Å². The maximum absolute atomic E-state index is 12.7. The van der Waals surface area contributed by atoms with Crippen molar-refractivity contribution in [2.75, 3.05) is 52.5 Å². The van der Waals surface area contributed by atoms with Gasteiger partial charge in [0.2, 0.25) is 5.91 Å². The van der Waals surface area contributed by atoms with Crippen LogP contribution >= 0.6 is 24.0 Å². The van der Waals surface area contributed by atoms with Crippen molar-refractivity contribution in [2.24, 2.45) is 10.9 Å². The number of piperidine rings is 1. The Morgan fingerprint density at radius 3 is 2.22 bits per heavy atom. The quantitative estimate of drug-likeness (QED) is 0.333. The highest BCUT2D eigenvalue weighted by molar-refractivity contribution is 14.0. The molecule has 2 N–H and O–H groups in total. The normalized spacial score (nSPS) is 19.6. The van der Waals surface area contributed by atoms with E-state index in [2.05, 4.69) is 22.1 Å². The number of aliphatic hydroxyl groups is 1. The fraction of sp³-hybridized carbons (Fsp3) is 0.895. The number of carbonyl (C=O) groups is 1. The summed E-state index contributed by atoms with van der Waals surface area (Å²) in [6.45, 7) is 11.6. The maximum atomic E-state index is 12.7. The molecule has 0 bridgehead atoms. The summed E-state index contributed by atoms with van der Waals surface area (Å²) in [6.07, 6.45) is 3.10. The molecule has 2 aliphatic rings. The summed E-state index contributed by atoms with van der Waals surface area (Å²) in [4.78, 5) is 21.5. The standard InChI is InChI=1S/C19H36N4O3.HI/c1-4-19(25,5-2)15-21-18(20-6-3)23-9-7-16(8-10-23)17(24)22-11-13-26-14-12-22;/h16,25H,4-15H2,1-3H3,(H,20,21);1H. The van der Waals surface area contributed by atoms with E-state index in [9.17, 15) is 9.90 Å². The molecule has 158 valence electrons. The molecular weight excluding hydrogens is 459 g/mol. The number of guanidine groups is 1. The van der Waals surface area contributed by atoms with Crippen LogP contribution in [0.1, 0.15) is 46.5 Å². The molecule has 0 spiro atoms. The molecular formula is C19H37IN4O3. The van der Waals surface area contributed by atoms with Crippen LogP contribution in [0.4, 0.5) is 0 Å². The highest BCUT2D eigenvalue weighted by atomic mass is 127. The van der Waals surface area contributed by atoms with Crippen molar-refractivity contribution < 1.29 is 14.6 Å². The zero-order valence-corrected chi connectivity index (χ0v) is 19.4. The SMILES string of the molecule is CCNC(=NCC(O)(CC)CC)N1CCC(C(=O)N2CCOCC2)CC1.I. The Kier molecular flexibility index (Phi) is 10.9. The third-order valence-electron chi connectivity index (χ3n) is 5.64. The van der Waals surface area contributed by atoms with Gasteiger partial charge in [-0.2, -0.15) is 0 Å². The smallest absolute Gasteiger partial charge is 0.225 e. The minimum absolute atomic E-state index is 0. The summed E-state index contributed by atoms with van der Waals surface area (Å²) in [5.74, 6) is 1.24. The number of hydrogen-bond acceptors (Lipinski definition) is 4. The number of amides is 1. The van der Waals surface area contributed by atoms with Gasteiger partial charge in [-0.25, -0.2) is 0 Å². The van der Waals surface area contributed by atoms with Crippen molar-refractivity contribution in [1.82, 2.24) is 15.1 Å². The third kappa shape index (κ3) is 7.05. The van der Waals surface area contributed by atoms with Gasteiger partial charge >= 0.3 is 0 Å². The van der Waals surface area contributed by atoms with Gasteiger partial charge in [0.05, 0.1) is 25.4 Å². The zero-order valence-electron chi connectivity index (χ0n) is 17.1. The third-order valence-corrected chi connectivity index (χ3v) is 5.64. The lowest BCUT2D eigenvalue weighted by Crippen LogP contribution is -2.50. The maximum Gasteiger partial charge on any atom is 0.225 e. The van der Waals surface area contributed by atoms with Crippen molar-refractivity contribution in [3.05, 3.63) is 0 Å². The van der Waals surface area contributed by atoms with E-state index >= 15 is 0 Å². The number of ether oxygens (including phenoxy) is 1. The fourth-order valence-electron chi connectivity index (χ4n) is 3.50. The molecule has 0 unspecified atom stereocenters. The average Bonchev–Trinajstić information content (AvgIpc) is 2.71. The van der Waals surface area contributed by atoms with Gasteiger partial charge in [-0.3, -0.25) is 9.79 Å². The Morgan fingerprint density at radius 2 is 1.70 bits per heavy atom. The van der Waals surface area contributed by atoms with E-state index in [0.717, 1.165) is 51.5 Å². The van der Waals surface area contributed by atoms with E-state index in [1.54, 1.807) is 0 Å². The number of halogens is 1. The first-order valence-electron chi connectivity index (χ1n) is 10.1. The first kappa shape index (κ1) is 24.4. The second kappa shape index (κ2) is 12.1. The number of morpholine rings is 1. The van der Waals surface area contributed by atoms with Crippen LogP contribution in [-0.4, -0.2) is 84.9 Å². The fourth-order valence-corrected chi connectivity index (χ4v) is 3.50. The van der Waals surface area contributed by atoms with Crippen molar-refractivity contribution in [3.8, 4) is 0 Å². The van der Waals surface area contributed by atoms with E-state index < -0.39 is 5.60 Å². The van der Waals surface area contributed by atoms with Crippen molar-refractivity contribution in [2.45, 2.75) is 52.1 Å². The number of aliphatic imine (C=N–C) groups is 1. The Balaban J connectivity index is 0.00000364. The number of nitrogens with zero attached hydrogens (tertiary/aromatic N) is 3. The molecule has 0 atom stereocenters. The predicted octanol–water partition coefficient (Wildman–Crippen LogP) is 1.69. The van der Waals surface area contributed by atoms with Crippen LogP contribution in [0.3, 0.4) is 0 Å². The number of likely N-dealkylation sites (tertiary alicyclic amines) is 1. The van der Waals surface area contributed by atoms with Gasteiger partial charge < -0.3 is 25.0 Å². The van der Waals surface area contributed by atoms with Gasteiger partial charge in [0.15, 0.2) is 5.96 Å². The molecule has 8 heteroatoms. The molecule has 0 aromatic carbocycles. The monoisotopic (exact) mass is 496 g/mol.